The molecule has 0 radical (unpaired) electrons. The summed E-state index contributed by atoms with van der Waals surface area (Å²) >= 11 is 0. The molecule has 0 amide bonds. The lowest BCUT2D eigenvalue weighted by Crippen LogP contribution is -2.49. The van der Waals surface area contributed by atoms with Gasteiger partial charge in [0, 0.05) is 62.1 Å². The first-order valence-corrected chi connectivity index (χ1v) is 10.1. The van der Waals surface area contributed by atoms with E-state index in [1.807, 2.05) is 0 Å². The van der Waals surface area contributed by atoms with Crippen LogP contribution >= 0.6 is 0 Å². The zero-order valence-electron chi connectivity index (χ0n) is 17.6. The van der Waals surface area contributed by atoms with Crippen molar-refractivity contribution < 1.29 is 33.0 Å². The van der Waals surface area contributed by atoms with Crippen LogP contribution in [0.5, 0.6) is 0 Å². The van der Waals surface area contributed by atoms with E-state index in [0.717, 1.165) is 12.3 Å². The molecule has 1 aromatic carbocycles. The second kappa shape index (κ2) is 8.39. The molecule has 4 rings (SSSR count). The Kier molecular flexibility index (Phi) is 5.75. The van der Waals surface area contributed by atoms with E-state index in [-0.39, 0.29) is 5.56 Å². The fraction of sp³-hybridized carbons (Fsp3) is 0.318. The third kappa shape index (κ3) is 4.36. The number of hydrogen-bond acceptors (Lipinski definition) is 5. The Morgan fingerprint density at radius 2 is 1.76 bits per heavy atom. The first-order valence-electron chi connectivity index (χ1n) is 10.1. The van der Waals surface area contributed by atoms with E-state index in [9.17, 15) is 33.0 Å². The topological polar surface area (TPSA) is 98.9 Å². The third-order valence-electron chi connectivity index (χ3n) is 5.87. The predicted molar refractivity (Wildman–Crippen MR) is 113 cm³/mol. The number of halogens is 3. The third-order valence-corrected chi connectivity index (χ3v) is 5.87. The summed E-state index contributed by atoms with van der Waals surface area (Å²) < 4.78 is 40.1. The first-order chi connectivity index (χ1) is 15.6. The monoisotopic (exact) mass is 462 g/mol. The minimum atomic E-state index is -4.46. The average molecular weight is 462 g/mol. The maximum atomic E-state index is 12.8. The molecule has 3 heterocycles. The first kappa shape index (κ1) is 22.6. The number of aliphatic carboxylic acids is 1. The van der Waals surface area contributed by atoms with Crippen molar-refractivity contribution in [1.82, 2.24) is 14.5 Å². The Morgan fingerprint density at radius 1 is 1.06 bits per heavy atom. The van der Waals surface area contributed by atoms with Crippen molar-refractivity contribution in [1.29, 1.82) is 0 Å². The molecule has 1 saturated heterocycles. The molecule has 33 heavy (non-hydrogen) atoms. The molecule has 0 aliphatic carbocycles. The highest BCUT2D eigenvalue weighted by atomic mass is 19.4. The number of alkyl halides is 3. The molecule has 3 aromatic rings. The molecule has 0 bridgehead atoms. The van der Waals surface area contributed by atoms with Crippen molar-refractivity contribution in [2.24, 2.45) is 7.05 Å². The Balaban J connectivity index is 1.57. The lowest BCUT2D eigenvalue weighted by molar-refractivity contribution is -0.143. The van der Waals surface area contributed by atoms with Crippen molar-refractivity contribution in [3.8, 4) is 0 Å². The highest BCUT2D eigenvalue weighted by molar-refractivity contribution is 5.96. The molecule has 0 saturated carbocycles. The summed E-state index contributed by atoms with van der Waals surface area (Å²) in [6, 6.07) is 5.89. The molecule has 8 nitrogen and oxygen atoms in total. The summed E-state index contributed by atoms with van der Waals surface area (Å²) in [5, 5.41) is 19.9. The van der Waals surface area contributed by atoms with Gasteiger partial charge < -0.3 is 19.7 Å². The van der Waals surface area contributed by atoms with Crippen LogP contribution < -0.4 is 4.90 Å². The van der Waals surface area contributed by atoms with Crippen molar-refractivity contribution >= 4 is 28.7 Å². The van der Waals surface area contributed by atoms with Gasteiger partial charge in [-0.2, -0.15) is 13.2 Å². The van der Waals surface area contributed by atoms with E-state index in [1.165, 1.54) is 18.2 Å². The summed E-state index contributed by atoms with van der Waals surface area (Å²) in [5.41, 5.74) is 0.447. The SMILES string of the molecule is Cn1cc([C@H](C(=O)O)N2CCN(c3ccc(C(F)(F)F)cn3)CC2)c2cc(C(=O)O)ccc21. The number of benzene rings is 1. The second-order valence-corrected chi connectivity index (χ2v) is 7.90. The molecule has 2 N–H and O–H groups in total. The molecular formula is C22H21F3N4O4. The highest BCUT2D eigenvalue weighted by Gasteiger charge is 2.34. The van der Waals surface area contributed by atoms with Crippen LogP contribution in [0.3, 0.4) is 0 Å². The number of aromatic carboxylic acids is 1. The number of piperazine rings is 1. The number of pyridine rings is 1. The Hall–Kier alpha value is -3.60. The minimum absolute atomic E-state index is 0.0669. The van der Waals surface area contributed by atoms with Crippen molar-refractivity contribution in [3.63, 3.8) is 0 Å². The molecule has 2 aromatic heterocycles. The fourth-order valence-corrected chi connectivity index (χ4v) is 4.21. The molecule has 1 aliphatic heterocycles. The normalized spacial score (nSPS) is 16.2. The van der Waals surface area contributed by atoms with Gasteiger partial charge in [-0.05, 0) is 30.3 Å². The number of aromatic nitrogens is 2. The summed E-state index contributed by atoms with van der Waals surface area (Å²) in [4.78, 5) is 31.2. The molecule has 0 spiro atoms. The summed E-state index contributed by atoms with van der Waals surface area (Å²) in [6.45, 7) is 1.45. The van der Waals surface area contributed by atoms with Crippen molar-refractivity contribution in [3.05, 3.63) is 59.4 Å². The second-order valence-electron chi connectivity index (χ2n) is 7.90. The van der Waals surface area contributed by atoms with Crippen LogP contribution in [-0.2, 0) is 18.0 Å². The van der Waals surface area contributed by atoms with E-state index in [1.54, 1.807) is 33.7 Å². The molecule has 11 heteroatoms. The highest BCUT2D eigenvalue weighted by Crippen LogP contribution is 2.33. The van der Waals surface area contributed by atoms with Gasteiger partial charge in [-0.3, -0.25) is 9.69 Å². The summed E-state index contributed by atoms with van der Waals surface area (Å²) in [5.74, 6) is -1.77. The lowest BCUT2D eigenvalue weighted by Gasteiger charge is -2.38. The number of rotatable bonds is 5. The van der Waals surface area contributed by atoms with E-state index < -0.39 is 29.7 Å². The van der Waals surface area contributed by atoms with E-state index in [2.05, 4.69) is 4.98 Å². The van der Waals surface area contributed by atoms with Gasteiger partial charge in [-0.15, -0.1) is 0 Å². The standard InChI is InChI=1S/C22H21F3N4O4/c1-27-12-16(15-10-13(20(30)31)2-4-17(15)27)19(21(32)33)29-8-6-28(7-9-29)18-5-3-14(11-26-18)22(23,24)25/h2-5,10-12,19H,6-9H2,1H3,(H,30,31)(H,32,33)/t19-/m1/s1. The van der Waals surface area contributed by atoms with Crippen LogP contribution in [0.1, 0.15) is 27.5 Å². The fourth-order valence-electron chi connectivity index (χ4n) is 4.21. The van der Waals surface area contributed by atoms with Crippen LogP contribution in [0.2, 0.25) is 0 Å². The number of nitrogens with zero attached hydrogens (tertiary/aromatic N) is 4. The quantitative estimate of drug-likeness (QED) is 0.601. The van der Waals surface area contributed by atoms with Crippen LogP contribution in [0, 0.1) is 0 Å². The van der Waals surface area contributed by atoms with Gasteiger partial charge in [0.2, 0.25) is 0 Å². The number of carboxylic acids is 2. The van der Waals surface area contributed by atoms with Crippen LogP contribution in [0.4, 0.5) is 19.0 Å². The van der Waals surface area contributed by atoms with Crippen molar-refractivity contribution in [2.45, 2.75) is 12.2 Å². The van der Waals surface area contributed by atoms with Gasteiger partial charge >= 0.3 is 18.1 Å². The van der Waals surface area contributed by atoms with Gasteiger partial charge in [0.15, 0.2) is 0 Å². The summed E-state index contributed by atoms with van der Waals surface area (Å²) in [6.07, 6.45) is -1.98. The van der Waals surface area contributed by atoms with Gasteiger partial charge in [-0.1, -0.05) is 0 Å². The van der Waals surface area contributed by atoms with Gasteiger partial charge in [0.25, 0.3) is 0 Å². The molecule has 1 aliphatic rings. The largest absolute Gasteiger partial charge is 0.480 e. The molecular weight excluding hydrogens is 441 g/mol. The zero-order valence-corrected chi connectivity index (χ0v) is 17.6. The molecule has 174 valence electrons. The zero-order chi connectivity index (χ0) is 23.9. The van der Waals surface area contributed by atoms with Gasteiger partial charge in [-0.25, -0.2) is 9.78 Å². The molecule has 1 fully saturated rings. The van der Waals surface area contributed by atoms with Crippen LogP contribution in [0.15, 0.2) is 42.7 Å². The maximum Gasteiger partial charge on any atom is 0.417 e. The number of anilines is 1. The Morgan fingerprint density at radius 3 is 2.30 bits per heavy atom. The molecule has 0 unspecified atom stereocenters. The summed E-state index contributed by atoms with van der Waals surface area (Å²) in [7, 11) is 1.76. The predicted octanol–water partition coefficient (Wildman–Crippen LogP) is 3.24. The lowest BCUT2D eigenvalue weighted by atomic mass is 10.0. The minimum Gasteiger partial charge on any atom is -0.480 e. The van der Waals surface area contributed by atoms with Gasteiger partial charge in [0.05, 0.1) is 11.1 Å². The Bertz CT molecular complexity index is 1200. The molecule has 1 atom stereocenters. The number of carbonyl (C=O) groups is 2. The van der Waals surface area contributed by atoms with E-state index in [0.29, 0.717) is 48.5 Å². The van der Waals surface area contributed by atoms with Crippen LogP contribution in [-0.4, -0.2) is 62.8 Å². The number of carboxylic acid groups (broad SMARTS) is 2. The Labute approximate surface area is 186 Å². The maximum absolute atomic E-state index is 12.8. The van der Waals surface area contributed by atoms with Crippen LogP contribution in [0.25, 0.3) is 10.9 Å². The van der Waals surface area contributed by atoms with Gasteiger partial charge in [0.1, 0.15) is 11.9 Å². The van der Waals surface area contributed by atoms with E-state index >= 15 is 0 Å². The number of hydrogen-bond donors (Lipinski definition) is 2. The number of aryl methyl sites for hydroxylation is 1. The van der Waals surface area contributed by atoms with E-state index in [4.69, 9.17) is 0 Å². The van der Waals surface area contributed by atoms with Crippen molar-refractivity contribution in [2.75, 3.05) is 31.1 Å². The average Bonchev–Trinajstić information content (AvgIpc) is 3.09. The number of fused-ring (bicyclic) bond motifs is 1. The smallest absolute Gasteiger partial charge is 0.417 e.